The van der Waals surface area contributed by atoms with E-state index in [1.807, 2.05) is 6.07 Å². The second-order valence-electron chi connectivity index (χ2n) is 5.77. The summed E-state index contributed by atoms with van der Waals surface area (Å²) in [6.45, 7) is 6.60. The van der Waals surface area contributed by atoms with Crippen LogP contribution in [-0.2, 0) is 0 Å². The maximum Gasteiger partial charge on any atom is 0.496 e. The SMILES string of the molecule is CC(C)(C)[N+]1=C=[N+](c2ccccc2)c2ccccc21. The minimum Gasteiger partial charge on any atom is -0.0822 e. The smallest absolute Gasteiger partial charge is 0.0822 e. The van der Waals surface area contributed by atoms with Crippen LogP contribution in [0.15, 0.2) is 54.6 Å². The summed E-state index contributed by atoms with van der Waals surface area (Å²) in [5.74, 6) is 0. The molecule has 2 aromatic carbocycles. The summed E-state index contributed by atoms with van der Waals surface area (Å²) in [5, 5.41) is 0. The highest BCUT2D eigenvalue weighted by Gasteiger charge is 2.40. The number of nitrogens with zero attached hydrogens (tertiary/aromatic N) is 2. The van der Waals surface area contributed by atoms with Crippen LogP contribution in [0.1, 0.15) is 20.8 Å². The molecular weight excluding hydrogens is 232 g/mol. The Morgan fingerprint density at radius 1 is 0.789 bits per heavy atom. The van der Waals surface area contributed by atoms with Gasteiger partial charge in [0.25, 0.3) is 11.4 Å². The zero-order valence-electron chi connectivity index (χ0n) is 11.6. The summed E-state index contributed by atoms with van der Waals surface area (Å²) >= 11 is 0. The Kier molecular flexibility index (Phi) is 2.62. The van der Waals surface area contributed by atoms with E-state index in [9.17, 15) is 0 Å². The van der Waals surface area contributed by atoms with E-state index in [4.69, 9.17) is 0 Å². The molecule has 19 heavy (non-hydrogen) atoms. The summed E-state index contributed by atoms with van der Waals surface area (Å²) in [4.78, 5) is 0. The van der Waals surface area contributed by atoms with E-state index in [-0.39, 0.29) is 5.54 Å². The quantitative estimate of drug-likeness (QED) is 0.671. The Hall–Kier alpha value is -2.18. The minimum absolute atomic E-state index is 0.0135. The fourth-order valence-electron chi connectivity index (χ4n) is 2.34. The Balaban J connectivity index is 2.26. The van der Waals surface area contributed by atoms with Crippen molar-refractivity contribution in [3.05, 3.63) is 54.6 Å². The number of fused-ring (bicyclic) bond motifs is 1. The third kappa shape index (κ3) is 2.00. The van der Waals surface area contributed by atoms with Crippen LogP contribution in [-0.4, -0.2) is 16.1 Å². The molecule has 0 amide bonds. The minimum atomic E-state index is 0.0135. The molecular formula is C17H18N2+2. The van der Waals surface area contributed by atoms with Crippen molar-refractivity contribution in [3.8, 4) is 0 Å². The molecule has 0 aromatic heterocycles. The lowest BCUT2D eigenvalue weighted by Crippen LogP contribution is -2.27. The van der Waals surface area contributed by atoms with Gasteiger partial charge in [0.1, 0.15) is 0 Å². The molecule has 2 aromatic rings. The third-order valence-electron chi connectivity index (χ3n) is 3.25. The molecule has 2 nitrogen and oxygen atoms in total. The van der Waals surface area contributed by atoms with E-state index >= 15 is 0 Å². The summed E-state index contributed by atoms with van der Waals surface area (Å²) < 4.78 is 4.33. The van der Waals surface area contributed by atoms with Crippen LogP contribution in [0.5, 0.6) is 0 Å². The lowest BCUT2D eigenvalue weighted by Gasteiger charge is -2.09. The molecule has 0 fully saturated rings. The lowest BCUT2D eigenvalue weighted by molar-refractivity contribution is -0.511. The van der Waals surface area contributed by atoms with Gasteiger partial charge in [0.15, 0.2) is 5.54 Å². The molecule has 0 saturated heterocycles. The predicted molar refractivity (Wildman–Crippen MR) is 79.0 cm³/mol. The number of hydrogen-bond acceptors (Lipinski definition) is 0. The van der Waals surface area contributed by atoms with Crippen molar-refractivity contribution in [3.63, 3.8) is 0 Å². The van der Waals surface area contributed by atoms with E-state index < -0.39 is 0 Å². The van der Waals surface area contributed by atoms with Gasteiger partial charge in [-0.2, -0.15) is 0 Å². The van der Waals surface area contributed by atoms with E-state index in [2.05, 4.69) is 84.5 Å². The molecule has 1 heterocycles. The van der Waals surface area contributed by atoms with Gasteiger partial charge >= 0.3 is 6.01 Å². The van der Waals surface area contributed by atoms with Crippen LogP contribution < -0.4 is 4.58 Å². The first-order chi connectivity index (χ1) is 9.07. The Bertz CT molecular complexity index is 685. The molecule has 0 N–H and O–H groups in total. The van der Waals surface area contributed by atoms with Crippen molar-refractivity contribution in [1.82, 2.24) is 4.58 Å². The first-order valence-corrected chi connectivity index (χ1v) is 6.58. The Labute approximate surface area is 114 Å². The second kappa shape index (κ2) is 4.18. The molecule has 2 heteroatoms. The third-order valence-corrected chi connectivity index (χ3v) is 3.25. The van der Waals surface area contributed by atoms with Gasteiger partial charge in [-0.3, -0.25) is 0 Å². The summed E-state index contributed by atoms with van der Waals surface area (Å²) in [5.41, 5.74) is 3.55. The van der Waals surface area contributed by atoms with Gasteiger partial charge in [-0.05, 0) is 4.58 Å². The highest BCUT2D eigenvalue weighted by Crippen LogP contribution is 2.35. The zero-order valence-corrected chi connectivity index (χ0v) is 11.6. The molecule has 0 unspecified atom stereocenters. The van der Waals surface area contributed by atoms with Crippen LogP contribution >= 0.6 is 0 Å². The highest BCUT2D eigenvalue weighted by molar-refractivity contribution is 5.74. The van der Waals surface area contributed by atoms with Gasteiger partial charge in [-0.1, -0.05) is 34.9 Å². The van der Waals surface area contributed by atoms with Gasteiger partial charge in [-0.15, -0.1) is 0 Å². The number of benzene rings is 2. The van der Waals surface area contributed by atoms with E-state index in [0.29, 0.717) is 0 Å². The van der Waals surface area contributed by atoms with E-state index in [1.165, 1.54) is 11.4 Å². The highest BCUT2D eigenvalue weighted by atomic mass is 15.2. The van der Waals surface area contributed by atoms with E-state index in [1.54, 1.807) is 0 Å². The number of rotatable bonds is 1. The average Bonchev–Trinajstić information content (AvgIpc) is 2.79. The standard InChI is InChI=1S/C17H18N2/c1-17(2,3)19-13-18(14-9-5-4-6-10-14)15-11-7-8-12-16(15)19/h4-12H,1-3H3/q+2. The molecule has 1 aliphatic rings. The fraction of sp³-hybridized carbons (Fsp3) is 0.235. The molecule has 0 aliphatic carbocycles. The first kappa shape index (κ1) is 11.9. The molecule has 0 bridgehead atoms. The normalized spacial score (nSPS) is 13.8. The van der Waals surface area contributed by atoms with Crippen LogP contribution in [0.2, 0.25) is 0 Å². The lowest BCUT2D eigenvalue weighted by atomic mass is 10.1. The zero-order chi connectivity index (χ0) is 13.5. The van der Waals surface area contributed by atoms with Gasteiger partial charge in [-0.25, -0.2) is 0 Å². The maximum atomic E-state index is 3.48. The molecule has 0 radical (unpaired) electrons. The van der Waals surface area contributed by atoms with E-state index in [0.717, 1.165) is 5.69 Å². The molecule has 94 valence electrons. The maximum absolute atomic E-state index is 3.48. The Morgan fingerprint density at radius 3 is 2.00 bits per heavy atom. The van der Waals surface area contributed by atoms with Gasteiger partial charge in [0.05, 0.1) is 0 Å². The molecule has 1 aliphatic heterocycles. The van der Waals surface area contributed by atoms with Crippen molar-refractivity contribution in [2.45, 2.75) is 26.3 Å². The van der Waals surface area contributed by atoms with Crippen molar-refractivity contribution in [2.24, 2.45) is 0 Å². The monoisotopic (exact) mass is 250 g/mol. The predicted octanol–water partition coefficient (Wildman–Crippen LogP) is 4.15. The Morgan fingerprint density at radius 2 is 1.37 bits per heavy atom. The molecule has 0 saturated carbocycles. The fourth-order valence-corrected chi connectivity index (χ4v) is 2.34. The van der Waals surface area contributed by atoms with Crippen LogP contribution in [0.3, 0.4) is 0 Å². The number of para-hydroxylation sites is 3. The number of hydrogen-bond donors (Lipinski definition) is 0. The van der Waals surface area contributed by atoms with Crippen molar-refractivity contribution >= 4 is 23.1 Å². The van der Waals surface area contributed by atoms with Gasteiger partial charge < -0.3 is 0 Å². The van der Waals surface area contributed by atoms with Crippen LogP contribution in [0.4, 0.5) is 17.1 Å². The first-order valence-electron chi connectivity index (χ1n) is 6.58. The van der Waals surface area contributed by atoms with Crippen LogP contribution in [0.25, 0.3) is 0 Å². The molecule has 0 spiro atoms. The average molecular weight is 250 g/mol. The summed E-state index contributed by atoms with van der Waals surface area (Å²) in [6, 6.07) is 22.3. The summed E-state index contributed by atoms with van der Waals surface area (Å²) in [7, 11) is 0. The topological polar surface area (TPSA) is 6.02 Å². The van der Waals surface area contributed by atoms with Gasteiger partial charge in [0, 0.05) is 45.0 Å². The molecule has 0 atom stereocenters. The largest absolute Gasteiger partial charge is 0.496 e. The van der Waals surface area contributed by atoms with Crippen LogP contribution in [0, 0.1) is 0 Å². The van der Waals surface area contributed by atoms with Crippen molar-refractivity contribution < 1.29 is 4.58 Å². The van der Waals surface area contributed by atoms with Crippen molar-refractivity contribution in [2.75, 3.05) is 0 Å². The molecule has 3 rings (SSSR count). The van der Waals surface area contributed by atoms with Gasteiger partial charge in [0.2, 0.25) is 5.69 Å². The van der Waals surface area contributed by atoms with Crippen molar-refractivity contribution in [1.29, 1.82) is 0 Å². The second-order valence-corrected chi connectivity index (χ2v) is 5.77. The summed E-state index contributed by atoms with van der Waals surface area (Å²) in [6.07, 6.45) is 0.